The molecule has 0 unspecified atom stereocenters. The lowest BCUT2D eigenvalue weighted by molar-refractivity contribution is -0.136. The molecule has 2 N–H and O–H groups in total. The average molecular weight is 330 g/mol. The number of hydrogen-bond donors (Lipinski definition) is 2. The van der Waals surface area contributed by atoms with Crippen LogP contribution in [-0.2, 0) is 14.3 Å². The van der Waals surface area contributed by atoms with Gasteiger partial charge in [0.25, 0.3) is 5.76 Å². The molecule has 0 aromatic heterocycles. The van der Waals surface area contributed by atoms with E-state index < -0.39 is 17.6 Å². The van der Waals surface area contributed by atoms with E-state index in [1.807, 2.05) is 0 Å². The van der Waals surface area contributed by atoms with E-state index in [1.54, 1.807) is 0 Å². The van der Waals surface area contributed by atoms with Crippen LogP contribution in [0.15, 0.2) is 29.2 Å². The molecule has 0 spiro atoms. The van der Waals surface area contributed by atoms with Crippen molar-refractivity contribution in [1.29, 1.82) is 0 Å². The minimum absolute atomic E-state index is 0.0532. The lowest BCUT2D eigenvalue weighted by Gasteiger charge is -2.11. The molecule has 1 heterocycles. The largest absolute Gasteiger partial charge is 0.376 e. The number of alkyl halides is 2. The maximum absolute atomic E-state index is 12.3. The van der Waals surface area contributed by atoms with Crippen molar-refractivity contribution in [2.24, 2.45) is 0 Å². The summed E-state index contributed by atoms with van der Waals surface area (Å²) in [5.74, 6) is -4.15. The molecule has 8 heteroatoms. The van der Waals surface area contributed by atoms with Gasteiger partial charge in [-0.05, 0) is 31.0 Å². The van der Waals surface area contributed by atoms with E-state index in [0.717, 1.165) is 12.8 Å². The molecule has 0 saturated carbocycles. The highest BCUT2D eigenvalue weighted by Crippen LogP contribution is 2.27. The molecule has 1 saturated heterocycles. The van der Waals surface area contributed by atoms with Gasteiger partial charge in [0.2, 0.25) is 0 Å². The first kappa shape index (κ1) is 16.7. The van der Waals surface area contributed by atoms with Crippen LogP contribution < -0.4 is 10.6 Å². The molecule has 120 valence electrons. The molecular weight excluding hydrogens is 314 g/mol. The zero-order valence-electron chi connectivity index (χ0n) is 11.7. The molecule has 1 atom stereocenters. The summed E-state index contributed by atoms with van der Waals surface area (Å²) in [6.45, 7) is 0.953. The summed E-state index contributed by atoms with van der Waals surface area (Å²) in [6, 6.07) is 5.96. The van der Waals surface area contributed by atoms with Crippen LogP contribution in [-0.4, -0.2) is 36.8 Å². The number of anilines is 1. The number of rotatable bonds is 5. The van der Waals surface area contributed by atoms with Gasteiger partial charge < -0.3 is 15.4 Å². The van der Waals surface area contributed by atoms with E-state index in [0.29, 0.717) is 29.0 Å². The van der Waals surface area contributed by atoms with Crippen LogP contribution in [0.2, 0.25) is 0 Å². The zero-order valence-corrected chi connectivity index (χ0v) is 12.5. The summed E-state index contributed by atoms with van der Waals surface area (Å²) >= 11 is 0.373. The van der Waals surface area contributed by atoms with Gasteiger partial charge in [-0.15, -0.1) is 0 Å². The minimum atomic E-state index is -2.54. The standard InChI is InChI=1S/C14H16F2N2O3S/c15-14(16)22-11-5-1-3-9(7-11)18-13(20)12(19)17-8-10-4-2-6-21-10/h1,3,5,7,10,14H,2,4,6,8H2,(H,17,19)(H,18,20)/t10-/m0/s1. The second kappa shape index (κ2) is 8.09. The van der Waals surface area contributed by atoms with Crippen LogP contribution in [0.5, 0.6) is 0 Å². The maximum Gasteiger partial charge on any atom is 0.313 e. The first-order valence-corrected chi connectivity index (χ1v) is 7.68. The molecule has 0 aliphatic carbocycles. The second-order valence-electron chi connectivity index (χ2n) is 4.71. The molecule has 22 heavy (non-hydrogen) atoms. The Morgan fingerprint density at radius 1 is 1.36 bits per heavy atom. The lowest BCUT2D eigenvalue weighted by Crippen LogP contribution is -2.39. The van der Waals surface area contributed by atoms with Gasteiger partial charge in [-0.2, -0.15) is 8.78 Å². The molecule has 1 aromatic rings. The van der Waals surface area contributed by atoms with Crippen molar-refractivity contribution in [3.8, 4) is 0 Å². The number of hydrogen-bond acceptors (Lipinski definition) is 4. The molecule has 1 aliphatic rings. The van der Waals surface area contributed by atoms with Crippen LogP contribution in [0, 0.1) is 0 Å². The summed E-state index contributed by atoms with van der Waals surface area (Å²) in [4.78, 5) is 23.7. The van der Waals surface area contributed by atoms with Crippen LogP contribution >= 0.6 is 11.8 Å². The SMILES string of the molecule is O=C(NC[C@@H]1CCCO1)C(=O)Nc1cccc(SC(F)F)c1. The average Bonchev–Trinajstić information content (AvgIpc) is 2.97. The van der Waals surface area contributed by atoms with E-state index in [1.165, 1.54) is 24.3 Å². The Morgan fingerprint density at radius 3 is 2.86 bits per heavy atom. The third kappa shape index (κ3) is 5.27. The second-order valence-corrected chi connectivity index (χ2v) is 5.77. The molecule has 0 bridgehead atoms. The number of ether oxygens (including phenoxy) is 1. The summed E-state index contributed by atoms with van der Waals surface area (Å²) < 4.78 is 29.9. The fourth-order valence-corrected chi connectivity index (χ4v) is 2.59. The summed E-state index contributed by atoms with van der Waals surface area (Å²) in [5.41, 5.74) is 0.294. The predicted octanol–water partition coefficient (Wildman–Crippen LogP) is 2.23. The Kier molecular flexibility index (Phi) is 6.14. The van der Waals surface area contributed by atoms with Crippen LogP contribution in [0.25, 0.3) is 0 Å². The molecule has 1 fully saturated rings. The van der Waals surface area contributed by atoms with Gasteiger partial charge in [0, 0.05) is 23.7 Å². The Hall–Kier alpha value is -1.67. The van der Waals surface area contributed by atoms with E-state index in [9.17, 15) is 18.4 Å². The highest BCUT2D eigenvalue weighted by molar-refractivity contribution is 7.99. The van der Waals surface area contributed by atoms with Gasteiger partial charge in [0.1, 0.15) is 0 Å². The number of amides is 2. The number of carbonyl (C=O) groups is 2. The summed E-state index contributed by atoms with van der Waals surface area (Å²) in [7, 11) is 0. The third-order valence-corrected chi connectivity index (χ3v) is 3.74. The molecule has 0 radical (unpaired) electrons. The van der Waals surface area contributed by atoms with Crippen molar-refractivity contribution >= 4 is 29.3 Å². The highest BCUT2D eigenvalue weighted by Gasteiger charge is 2.19. The van der Waals surface area contributed by atoms with Gasteiger partial charge in [-0.1, -0.05) is 17.8 Å². The number of thioether (sulfide) groups is 1. The Balaban J connectivity index is 1.83. The van der Waals surface area contributed by atoms with E-state index >= 15 is 0 Å². The van der Waals surface area contributed by atoms with E-state index in [-0.39, 0.29) is 12.6 Å². The van der Waals surface area contributed by atoms with Gasteiger partial charge in [-0.3, -0.25) is 9.59 Å². The third-order valence-electron chi connectivity index (χ3n) is 3.04. The van der Waals surface area contributed by atoms with Gasteiger partial charge >= 0.3 is 11.8 Å². The van der Waals surface area contributed by atoms with Crippen molar-refractivity contribution in [3.05, 3.63) is 24.3 Å². The first-order valence-electron chi connectivity index (χ1n) is 6.80. The normalized spacial score (nSPS) is 17.5. The van der Waals surface area contributed by atoms with Crippen LogP contribution in [0.1, 0.15) is 12.8 Å². The smallest absolute Gasteiger partial charge is 0.313 e. The number of carbonyl (C=O) groups excluding carboxylic acids is 2. The predicted molar refractivity (Wildman–Crippen MR) is 78.9 cm³/mol. The Morgan fingerprint density at radius 2 is 2.18 bits per heavy atom. The van der Waals surface area contributed by atoms with Crippen LogP contribution in [0.4, 0.5) is 14.5 Å². The van der Waals surface area contributed by atoms with Crippen molar-refractivity contribution in [1.82, 2.24) is 5.32 Å². The number of nitrogens with one attached hydrogen (secondary N) is 2. The Bertz CT molecular complexity index is 537. The highest BCUT2D eigenvalue weighted by atomic mass is 32.2. The quantitative estimate of drug-likeness (QED) is 0.642. The van der Waals surface area contributed by atoms with Gasteiger partial charge in [0.05, 0.1) is 6.10 Å². The fourth-order valence-electron chi connectivity index (χ4n) is 2.03. The van der Waals surface area contributed by atoms with Gasteiger partial charge in [0.15, 0.2) is 0 Å². The number of halogens is 2. The summed E-state index contributed by atoms with van der Waals surface area (Å²) in [6.07, 6.45) is 1.75. The monoisotopic (exact) mass is 330 g/mol. The molecule has 1 aliphatic heterocycles. The summed E-state index contributed by atoms with van der Waals surface area (Å²) in [5, 5.41) is 4.87. The van der Waals surface area contributed by atoms with Gasteiger partial charge in [-0.25, -0.2) is 0 Å². The molecular formula is C14H16F2N2O3S. The van der Waals surface area contributed by atoms with E-state index in [2.05, 4.69) is 10.6 Å². The van der Waals surface area contributed by atoms with E-state index in [4.69, 9.17) is 4.74 Å². The fraction of sp³-hybridized carbons (Fsp3) is 0.429. The van der Waals surface area contributed by atoms with Crippen molar-refractivity contribution < 1.29 is 23.1 Å². The molecule has 2 rings (SSSR count). The maximum atomic E-state index is 12.3. The number of benzene rings is 1. The Labute approximate surface area is 130 Å². The first-order chi connectivity index (χ1) is 10.5. The van der Waals surface area contributed by atoms with Crippen molar-refractivity contribution in [2.45, 2.75) is 29.6 Å². The lowest BCUT2D eigenvalue weighted by atomic mass is 10.2. The van der Waals surface area contributed by atoms with Crippen molar-refractivity contribution in [2.75, 3.05) is 18.5 Å². The van der Waals surface area contributed by atoms with Crippen molar-refractivity contribution in [3.63, 3.8) is 0 Å². The molecule has 1 aromatic carbocycles. The van der Waals surface area contributed by atoms with Crippen LogP contribution in [0.3, 0.4) is 0 Å². The molecule has 5 nitrogen and oxygen atoms in total. The molecule has 2 amide bonds. The zero-order chi connectivity index (χ0) is 15.9. The minimum Gasteiger partial charge on any atom is -0.376 e. The topological polar surface area (TPSA) is 67.4 Å².